The van der Waals surface area contributed by atoms with Gasteiger partial charge in [-0.05, 0) is 20.3 Å². The van der Waals surface area contributed by atoms with Crippen LogP contribution in [0.25, 0.3) is 0 Å². The van der Waals surface area contributed by atoms with Crippen LogP contribution < -0.4 is 0 Å². The molecule has 0 unspecified atom stereocenters. The van der Waals surface area contributed by atoms with E-state index in [0.29, 0.717) is 9.42 Å². The van der Waals surface area contributed by atoms with E-state index in [2.05, 4.69) is 30.8 Å². The summed E-state index contributed by atoms with van der Waals surface area (Å²) in [6.45, 7) is 0. The molecule has 2 radical (unpaired) electrons. The van der Waals surface area contributed by atoms with Gasteiger partial charge in [0.25, 0.3) is 0 Å². The van der Waals surface area contributed by atoms with E-state index in [1.807, 2.05) is 0 Å². The van der Waals surface area contributed by atoms with E-state index in [9.17, 15) is 20.2 Å². The summed E-state index contributed by atoms with van der Waals surface area (Å²) in [6, 6.07) is 0. The Morgan fingerprint density at radius 2 is 1.35 bits per heavy atom. The average molecular weight is 239 g/mol. The van der Waals surface area contributed by atoms with Crippen LogP contribution in [0.3, 0.4) is 0 Å². The number of hydrogen-bond donors (Lipinski definition) is 0. The van der Waals surface area contributed by atoms with Crippen LogP contribution >= 0.6 is 0 Å². The number of hydrogen-bond acceptors (Lipinski definition) is 10. The zero-order valence-electron chi connectivity index (χ0n) is 7.68. The summed E-state index contributed by atoms with van der Waals surface area (Å²) in [7, 11) is 0.917. The number of aromatic nitrogens is 8. The van der Waals surface area contributed by atoms with Gasteiger partial charge < -0.3 is 29.6 Å². The fourth-order valence-electron chi connectivity index (χ4n) is 0.771. The van der Waals surface area contributed by atoms with Crippen LogP contribution in [0.2, 0.25) is 0 Å². The second kappa shape index (κ2) is 3.87. The van der Waals surface area contributed by atoms with Gasteiger partial charge in [-0.25, -0.2) is 0 Å². The molecule has 86 valence electrons. The highest BCUT2D eigenvalue weighted by atomic mass is 16.6. The Morgan fingerprint density at radius 1 is 0.941 bits per heavy atom. The number of rotatable bonds is 4. The molecule has 0 aliphatic rings. The summed E-state index contributed by atoms with van der Waals surface area (Å²) >= 11 is 0. The fraction of sp³-hybridized carbons (Fsp3) is 0. The van der Waals surface area contributed by atoms with E-state index < -0.39 is 21.7 Å². The van der Waals surface area contributed by atoms with E-state index in [4.69, 9.17) is 0 Å². The quantitative estimate of drug-likeness (QED) is 0.312. The first-order chi connectivity index (χ1) is 8.06. The molecule has 0 atom stereocenters. The first kappa shape index (κ1) is 10.5. The summed E-state index contributed by atoms with van der Waals surface area (Å²) in [5.41, 5.74) is 0. The molecule has 0 fully saturated rings. The van der Waals surface area contributed by atoms with Crippen molar-refractivity contribution in [2.45, 2.75) is 0 Å². The standard InChI is InChI=1S/C2BN10O4/c14-10(15)1-4-8-12(6-1)3-13-7-2(5-9-13)11(16)17/q-1. The summed E-state index contributed by atoms with van der Waals surface area (Å²) in [5, 5.41) is 39.8. The second-order valence-electron chi connectivity index (χ2n) is 2.45. The van der Waals surface area contributed by atoms with Crippen molar-refractivity contribution in [3.05, 3.63) is 20.2 Å². The van der Waals surface area contributed by atoms with E-state index in [1.165, 1.54) is 0 Å². The number of nitro groups is 2. The third kappa shape index (κ3) is 2.16. The van der Waals surface area contributed by atoms with Crippen LogP contribution in [-0.4, -0.2) is 57.6 Å². The SMILES string of the molecule is O=[N+]([O-])c1nnn([B-]n2nnc([N+](=O)[O-])n2)n1. The van der Waals surface area contributed by atoms with E-state index in [-0.39, 0.29) is 0 Å². The third-order valence-electron chi connectivity index (χ3n) is 1.37. The van der Waals surface area contributed by atoms with Gasteiger partial charge >= 0.3 is 11.9 Å². The molecule has 0 aliphatic heterocycles. The first-order valence-electron chi connectivity index (χ1n) is 3.79. The van der Waals surface area contributed by atoms with Crippen LogP contribution in [-0.2, 0) is 0 Å². The minimum Gasteiger partial charge on any atom is -0.390 e. The zero-order chi connectivity index (χ0) is 12.4. The fourth-order valence-corrected chi connectivity index (χ4v) is 0.771. The van der Waals surface area contributed by atoms with Gasteiger partial charge in [-0.1, -0.05) is 0 Å². The second-order valence-corrected chi connectivity index (χ2v) is 2.45. The lowest BCUT2D eigenvalue weighted by atomic mass is 10.2. The molecule has 0 saturated carbocycles. The van der Waals surface area contributed by atoms with Crippen molar-refractivity contribution in [3.8, 4) is 0 Å². The Hall–Kier alpha value is -3.00. The Labute approximate surface area is 90.8 Å². The monoisotopic (exact) mass is 239 g/mol. The molecule has 0 aromatic carbocycles. The molecule has 0 N–H and O–H groups in total. The summed E-state index contributed by atoms with van der Waals surface area (Å²) < 4.78 is 1.34. The van der Waals surface area contributed by atoms with Crippen LogP contribution in [0, 0.1) is 20.2 Å². The molecule has 0 amide bonds. The van der Waals surface area contributed by atoms with Gasteiger partial charge in [0.05, 0.1) is 17.7 Å². The molecule has 0 spiro atoms. The van der Waals surface area contributed by atoms with E-state index >= 15 is 0 Å². The Morgan fingerprint density at radius 3 is 1.65 bits per heavy atom. The van der Waals surface area contributed by atoms with Gasteiger partial charge in [0.2, 0.25) is 0 Å². The van der Waals surface area contributed by atoms with Gasteiger partial charge in [0.1, 0.15) is 0 Å². The average Bonchev–Trinajstić information content (AvgIpc) is 2.87. The van der Waals surface area contributed by atoms with Gasteiger partial charge in [-0.2, -0.15) is 0 Å². The molecule has 14 nitrogen and oxygen atoms in total. The number of tetrazole rings is 2. The molecule has 15 heteroatoms. The van der Waals surface area contributed by atoms with Crippen molar-refractivity contribution in [1.29, 1.82) is 0 Å². The van der Waals surface area contributed by atoms with E-state index in [1.54, 1.807) is 0 Å². The van der Waals surface area contributed by atoms with Gasteiger partial charge in [-0.3, -0.25) is 0 Å². The van der Waals surface area contributed by atoms with Crippen molar-refractivity contribution in [2.75, 3.05) is 0 Å². The van der Waals surface area contributed by atoms with Gasteiger partial charge in [-0.15, -0.1) is 0 Å². The van der Waals surface area contributed by atoms with Crippen molar-refractivity contribution in [2.24, 2.45) is 0 Å². The van der Waals surface area contributed by atoms with Crippen molar-refractivity contribution in [1.82, 2.24) is 40.2 Å². The molecular formula is C2BN10O4-. The molecule has 2 heterocycles. The van der Waals surface area contributed by atoms with Crippen LogP contribution in [0.15, 0.2) is 0 Å². The summed E-state index contributed by atoms with van der Waals surface area (Å²) in [5.74, 6) is -1.45. The lowest BCUT2D eigenvalue weighted by Crippen LogP contribution is -2.22. The topological polar surface area (TPSA) is 173 Å². The summed E-state index contributed by atoms with van der Waals surface area (Å²) in [4.78, 5) is 18.8. The molecule has 0 saturated heterocycles. The highest BCUT2D eigenvalue weighted by Gasteiger charge is 2.14. The maximum absolute atomic E-state index is 10.2. The molecule has 0 bridgehead atoms. The maximum Gasteiger partial charge on any atom is 0.510 e. The molecule has 17 heavy (non-hydrogen) atoms. The third-order valence-corrected chi connectivity index (χ3v) is 1.37. The minimum atomic E-state index is -0.853. The molecule has 2 aromatic heterocycles. The molecule has 0 aliphatic carbocycles. The van der Waals surface area contributed by atoms with Crippen molar-refractivity contribution >= 4 is 19.4 Å². The highest BCUT2D eigenvalue weighted by molar-refractivity contribution is 6.29. The zero-order valence-corrected chi connectivity index (χ0v) is 7.68. The smallest absolute Gasteiger partial charge is 0.390 e. The number of nitrogens with zero attached hydrogens (tertiary/aromatic N) is 10. The van der Waals surface area contributed by atoms with Crippen molar-refractivity contribution < 1.29 is 9.85 Å². The first-order valence-corrected chi connectivity index (χ1v) is 3.79. The van der Waals surface area contributed by atoms with Crippen LogP contribution in [0.1, 0.15) is 0 Å². The van der Waals surface area contributed by atoms with Gasteiger partial charge in [0, 0.05) is 10.2 Å². The normalized spacial score (nSPS) is 10.4. The Kier molecular flexibility index (Phi) is 2.40. The molecular weight excluding hydrogens is 239 g/mol. The minimum absolute atomic E-state index is 0.670. The molecule has 2 aromatic rings. The van der Waals surface area contributed by atoms with Crippen LogP contribution in [0.5, 0.6) is 0 Å². The predicted octanol–water partition coefficient (Wildman–Crippen LogP) is -2.59. The summed E-state index contributed by atoms with van der Waals surface area (Å²) in [6.07, 6.45) is 0. The maximum atomic E-state index is 10.2. The van der Waals surface area contributed by atoms with Crippen LogP contribution in [0.4, 0.5) is 11.9 Å². The lowest BCUT2D eigenvalue weighted by Gasteiger charge is -2.01. The molecule has 2 rings (SSSR count). The van der Waals surface area contributed by atoms with Crippen molar-refractivity contribution in [3.63, 3.8) is 0 Å². The van der Waals surface area contributed by atoms with E-state index in [0.717, 1.165) is 7.55 Å². The predicted molar refractivity (Wildman–Crippen MR) is 45.5 cm³/mol. The van der Waals surface area contributed by atoms with Gasteiger partial charge in [0.15, 0.2) is 0 Å². The Balaban J connectivity index is 2.13. The highest BCUT2D eigenvalue weighted by Crippen LogP contribution is 1.97. The largest absolute Gasteiger partial charge is 0.510 e. The lowest BCUT2D eigenvalue weighted by molar-refractivity contribution is -0.394. The Bertz CT molecular complexity index is 522.